The smallest absolute Gasteiger partial charge is 0.0304 e. The maximum atomic E-state index is 6.19. The molecule has 1 aliphatic heterocycles. The second-order valence-electron chi connectivity index (χ2n) is 6.20. The molecule has 0 radical (unpaired) electrons. The fourth-order valence-electron chi connectivity index (χ4n) is 3.11. The zero-order valence-corrected chi connectivity index (χ0v) is 10.7. The lowest BCUT2D eigenvalue weighted by Gasteiger charge is -2.53. The molecule has 0 saturated carbocycles. The van der Waals surface area contributed by atoms with Crippen LogP contribution < -0.4 is 11.6 Å². The Morgan fingerprint density at radius 1 is 1.13 bits per heavy atom. The van der Waals surface area contributed by atoms with Crippen molar-refractivity contribution in [3.8, 4) is 0 Å². The lowest BCUT2D eigenvalue weighted by Crippen LogP contribution is -2.63. The maximum absolute atomic E-state index is 6.19. The molecule has 4 N–H and O–H groups in total. The van der Waals surface area contributed by atoms with E-state index in [1.807, 2.05) is 5.01 Å². The van der Waals surface area contributed by atoms with Crippen LogP contribution in [0.25, 0.3) is 0 Å². The van der Waals surface area contributed by atoms with Gasteiger partial charge in [0, 0.05) is 11.1 Å². The number of piperidine rings is 1. The first-order chi connectivity index (χ1) is 6.79. The maximum Gasteiger partial charge on any atom is 0.0304 e. The van der Waals surface area contributed by atoms with Gasteiger partial charge in [-0.25, -0.2) is 5.01 Å². The highest BCUT2D eigenvalue weighted by atomic mass is 15.5. The van der Waals surface area contributed by atoms with Crippen LogP contribution in [-0.2, 0) is 0 Å². The van der Waals surface area contributed by atoms with Crippen LogP contribution in [0.3, 0.4) is 0 Å². The second-order valence-corrected chi connectivity index (χ2v) is 6.20. The van der Waals surface area contributed by atoms with Gasteiger partial charge in [-0.1, -0.05) is 0 Å². The van der Waals surface area contributed by atoms with Crippen molar-refractivity contribution in [2.75, 3.05) is 6.54 Å². The first-order valence-electron chi connectivity index (χ1n) is 6.05. The molecule has 90 valence electrons. The number of nitrogens with two attached hydrogens (primary N) is 2. The van der Waals surface area contributed by atoms with Gasteiger partial charge >= 0.3 is 0 Å². The summed E-state index contributed by atoms with van der Waals surface area (Å²) < 4.78 is 0. The van der Waals surface area contributed by atoms with Crippen LogP contribution in [-0.4, -0.2) is 22.6 Å². The van der Waals surface area contributed by atoms with E-state index >= 15 is 0 Å². The summed E-state index contributed by atoms with van der Waals surface area (Å²) in [5.74, 6) is 6.97. The van der Waals surface area contributed by atoms with Gasteiger partial charge in [-0.2, -0.15) is 0 Å². The van der Waals surface area contributed by atoms with Crippen molar-refractivity contribution in [1.82, 2.24) is 5.01 Å². The summed E-state index contributed by atoms with van der Waals surface area (Å²) >= 11 is 0. The lowest BCUT2D eigenvalue weighted by molar-refractivity contribution is -0.0545. The Hall–Kier alpha value is -0.120. The molecule has 1 saturated heterocycles. The average molecular weight is 213 g/mol. The largest absolute Gasteiger partial charge is 0.330 e. The molecular formula is C12H27N3. The summed E-state index contributed by atoms with van der Waals surface area (Å²) in [6.45, 7) is 9.77. The van der Waals surface area contributed by atoms with E-state index in [4.69, 9.17) is 11.6 Å². The van der Waals surface area contributed by atoms with Crippen LogP contribution in [0.5, 0.6) is 0 Å². The predicted octanol–water partition coefficient (Wildman–Crippen LogP) is 1.87. The van der Waals surface area contributed by atoms with Gasteiger partial charge in [0.25, 0.3) is 0 Å². The van der Waals surface area contributed by atoms with Crippen molar-refractivity contribution in [3.05, 3.63) is 0 Å². The van der Waals surface area contributed by atoms with E-state index in [-0.39, 0.29) is 11.1 Å². The third kappa shape index (κ3) is 2.92. The Labute approximate surface area is 94.2 Å². The third-order valence-corrected chi connectivity index (χ3v) is 3.70. The molecule has 0 aliphatic carbocycles. The highest BCUT2D eigenvalue weighted by Gasteiger charge is 2.43. The Balaban J connectivity index is 2.66. The summed E-state index contributed by atoms with van der Waals surface area (Å²) in [7, 11) is 0. The van der Waals surface area contributed by atoms with Gasteiger partial charge in [-0.15, -0.1) is 0 Å². The molecule has 0 aromatic heterocycles. The quantitative estimate of drug-likeness (QED) is 0.704. The minimum Gasteiger partial charge on any atom is -0.330 e. The molecular weight excluding hydrogens is 186 g/mol. The van der Waals surface area contributed by atoms with Crippen molar-refractivity contribution in [2.24, 2.45) is 17.5 Å². The van der Waals surface area contributed by atoms with Gasteiger partial charge < -0.3 is 5.73 Å². The zero-order valence-electron chi connectivity index (χ0n) is 10.7. The van der Waals surface area contributed by atoms with Crippen molar-refractivity contribution in [1.29, 1.82) is 0 Å². The van der Waals surface area contributed by atoms with E-state index in [2.05, 4.69) is 27.7 Å². The van der Waals surface area contributed by atoms with Crippen LogP contribution >= 0.6 is 0 Å². The number of hydrogen-bond acceptors (Lipinski definition) is 3. The van der Waals surface area contributed by atoms with Crippen molar-refractivity contribution >= 4 is 0 Å². The van der Waals surface area contributed by atoms with Crippen molar-refractivity contribution in [3.63, 3.8) is 0 Å². The van der Waals surface area contributed by atoms with Gasteiger partial charge in [-0.05, 0) is 65.8 Å². The van der Waals surface area contributed by atoms with Crippen LogP contribution in [0.15, 0.2) is 0 Å². The topological polar surface area (TPSA) is 55.3 Å². The first kappa shape index (κ1) is 12.9. The number of hydrazine groups is 1. The van der Waals surface area contributed by atoms with Gasteiger partial charge in [0.1, 0.15) is 0 Å². The minimum atomic E-state index is 0.112. The van der Waals surface area contributed by atoms with Gasteiger partial charge in [-0.3, -0.25) is 5.84 Å². The monoisotopic (exact) mass is 213 g/mol. The number of rotatable bonds is 3. The standard InChI is InChI=1S/C12H27N3/c1-11(2)8-10(6-5-7-13)9-12(3,4)15(11)14/h10H,5-9,13-14H2,1-4H3. The molecule has 0 aromatic carbocycles. The second kappa shape index (κ2) is 4.40. The highest BCUT2D eigenvalue weighted by Crippen LogP contribution is 2.40. The molecule has 1 rings (SSSR count). The number of nitrogens with zero attached hydrogens (tertiary/aromatic N) is 1. The molecule has 0 amide bonds. The summed E-state index contributed by atoms with van der Waals surface area (Å²) in [5, 5.41) is 2.04. The fraction of sp³-hybridized carbons (Fsp3) is 1.00. The van der Waals surface area contributed by atoms with Crippen LogP contribution in [0.2, 0.25) is 0 Å². The van der Waals surface area contributed by atoms with Gasteiger partial charge in [0.05, 0.1) is 0 Å². The third-order valence-electron chi connectivity index (χ3n) is 3.70. The van der Waals surface area contributed by atoms with E-state index in [1.165, 1.54) is 19.3 Å². The van der Waals surface area contributed by atoms with Crippen molar-refractivity contribution < 1.29 is 0 Å². The molecule has 0 atom stereocenters. The van der Waals surface area contributed by atoms with Crippen LogP contribution in [0, 0.1) is 5.92 Å². The Bertz CT molecular complexity index is 193. The SMILES string of the molecule is CC1(C)CC(CCCN)CC(C)(C)N1N. The van der Waals surface area contributed by atoms with E-state index in [0.717, 1.165) is 18.9 Å². The average Bonchev–Trinajstić information content (AvgIpc) is 2.10. The fourth-order valence-corrected chi connectivity index (χ4v) is 3.11. The van der Waals surface area contributed by atoms with Crippen molar-refractivity contribution in [2.45, 2.75) is 64.5 Å². The van der Waals surface area contributed by atoms with E-state index in [9.17, 15) is 0 Å². The Kier molecular flexibility index (Phi) is 3.80. The summed E-state index contributed by atoms with van der Waals surface area (Å²) in [5.41, 5.74) is 5.80. The van der Waals surface area contributed by atoms with Crippen LogP contribution in [0.4, 0.5) is 0 Å². The summed E-state index contributed by atoms with van der Waals surface area (Å²) in [6.07, 6.45) is 4.76. The molecule has 0 unspecified atom stereocenters. The molecule has 1 aliphatic rings. The Morgan fingerprint density at radius 2 is 1.60 bits per heavy atom. The zero-order chi connectivity index (χ0) is 11.7. The number of hydrogen-bond donors (Lipinski definition) is 2. The lowest BCUT2D eigenvalue weighted by atomic mass is 9.73. The molecule has 3 heteroatoms. The minimum absolute atomic E-state index is 0.112. The summed E-state index contributed by atoms with van der Waals surface area (Å²) in [6, 6.07) is 0. The molecule has 0 bridgehead atoms. The Morgan fingerprint density at radius 3 is 2.00 bits per heavy atom. The molecule has 15 heavy (non-hydrogen) atoms. The molecule has 1 fully saturated rings. The summed E-state index contributed by atoms with van der Waals surface area (Å²) in [4.78, 5) is 0. The molecule has 3 nitrogen and oxygen atoms in total. The van der Waals surface area contributed by atoms with E-state index in [1.54, 1.807) is 0 Å². The normalized spacial score (nSPS) is 26.8. The first-order valence-corrected chi connectivity index (χ1v) is 6.05. The molecule has 0 spiro atoms. The van der Waals surface area contributed by atoms with E-state index in [0.29, 0.717) is 0 Å². The van der Waals surface area contributed by atoms with E-state index < -0.39 is 0 Å². The predicted molar refractivity (Wildman–Crippen MR) is 65.2 cm³/mol. The van der Waals surface area contributed by atoms with Gasteiger partial charge in [0.2, 0.25) is 0 Å². The molecule has 0 aromatic rings. The highest BCUT2D eigenvalue weighted by molar-refractivity contribution is 4.97. The van der Waals surface area contributed by atoms with Gasteiger partial charge in [0.15, 0.2) is 0 Å². The van der Waals surface area contributed by atoms with Crippen LogP contribution in [0.1, 0.15) is 53.4 Å². The molecule has 1 heterocycles.